The van der Waals surface area contributed by atoms with Crippen molar-refractivity contribution >= 4 is 0 Å². The summed E-state index contributed by atoms with van der Waals surface area (Å²) >= 11 is 0. The van der Waals surface area contributed by atoms with E-state index in [-0.39, 0.29) is 5.54 Å². The van der Waals surface area contributed by atoms with Crippen molar-refractivity contribution in [2.45, 2.75) is 46.1 Å². The van der Waals surface area contributed by atoms with Crippen LogP contribution < -0.4 is 10.1 Å². The van der Waals surface area contributed by atoms with Gasteiger partial charge in [0.25, 0.3) is 0 Å². The number of benzene rings is 1. The summed E-state index contributed by atoms with van der Waals surface area (Å²) < 4.78 is 5.20. The van der Waals surface area contributed by atoms with Crippen molar-refractivity contribution in [3.05, 3.63) is 29.8 Å². The number of hydrogen-bond acceptors (Lipinski definition) is 2. The molecule has 1 aliphatic carbocycles. The molecular weight excluding hydrogens is 234 g/mol. The Bertz CT molecular complexity index is 418. The Morgan fingerprint density at radius 3 is 2.42 bits per heavy atom. The van der Waals surface area contributed by atoms with E-state index >= 15 is 0 Å². The zero-order valence-corrected chi connectivity index (χ0v) is 12.9. The Morgan fingerprint density at radius 1 is 1.26 bits per heavy atom. The van der Waals surface area contributed by atoms with Crippen molar-refractivity contribution in [2.75, 3.05) is 13.7 Å². The van der Waals surface area contributed by atoms with E-state index in [2.05, 4.69) is 57.3 Å². The SMILES string of the molecule is COc1ccc(CC2(C)CC2CNC(C)(C)C)cc1. The highest BCUT2D eigenvalue weighted by molar-refractivity contribution is 5.28. The van der Waals surface area contributed by atoms with Crippen LogP contribution in [0.5, 0.6) is 5.75 Å². The molecule has 0 heterocycles. The second-order valence-electron chi connectivity index (χ2n) is 7.21. The minimum absolute atomic E-state index is 0.226. The molecule has 19 heavy (non-hydrogen) atoms. The zero-order chi connectivity index (χ0) is 14.1. The number of methoxy groups -OCH3 is 1. The first-order valence-electron chi connectivity index (χ1n) is 7.20. The second-order valence-corrected chi connectivity index (χ2v) is 7.21. The highest BCUT2D eigenvalue weighted by Gasteiger charge is 2.49. The van der Waals surface area contributed by atoms with Gasteiger partial charge in [-0.15, -0.1) is 0 Å². The molecule has 106 valence electrons. The molecule has 1 aromatic carbocycles. The van der Waals surface area contributed by atoms with E-state index in [4.69, 9.17) is 4.74 Å². The van der Waals surface area contributed by atoms with Gasteiger partial charge in [0.2, 0.25) is 0 Å². The average molecular weight is 261 g/mol. The number of hydrogen-bond donors (Lipinski definition) is 1. The van der Waals surface area contributed by atoms with Gasteiger partial charge in [-0.1, -0.05) is 19.1 Å². The Labute approximate surface area is 117 Å². The maximum Gasteiger partial charge on any atom is 0.118 e. The van der Waals surface area contributed by atoms with E-state index in [9.17, 15) is 0 Å². The topological polar surface area (TPSA) is 21.3 Å². The summed E-state index contributed by atoms with van der Waals surface area (Å²) in [6.45, 7) is 10.2. The molecule has 0 aliphatic heterocycles. The molecular formula is C17H27NO. The number of ether oxygens (including phenoxy) is 1. The standard InChI is InChI=1S/C17H27NO/c1-16(2,3)18-12-14-11-17(14,4)10-13-6-8-15(19-5)9-7-13/h6-9,14,18H,10-12H2,1-5H3. The fourth-order valence-electron chi connectivity index (χ4n) is 2.68. The molecule has 1 saturated carbocycles. The first-order valence-corrected chi connectivity index (χ1v) is 7.20. The molecule has 1 aliphatic rings. The first-order chi connectivity index (χ1) is 8.82. The molecule has 2 rings (SSSR count). The van der Waals surface area contributed by atoms with E-state index in [1.54, 1.807) is 7.11 Å². The lowest BCUT2D eigenvalue weighted by Crippen LogP contribution is -2.37. The summed E-state index contributed by atoms with van der Waals surface area (Å²) in [5, 5.41) is 3.62. The van der Waals surface area contributed by atoms with Crippen molar-refractivity contribution in [1.29, 1.82) is 0 Å². The van der Waals surface area contributed by atoms with Crippen molar-refractivity contribution in [3.8, 4) is 5.75 Å². The maximum atomic E-state index is 5.20. The van der Waals surface area contributed by atoms with Crippen LogP contribution in [0.3, 0.4) is 0 Å². The molecule has 0 bridgehead atoms. The Hall–Kier alpha value is -1.02. The van der Waals surface area contributed by atoms with Crippen molar-refractivity contribution in [1.82, 2.24) is 5.32 Å². The molecule has 0 saturated heterocycles. The summed E-state index contributed by atoms with van der Waals surface area (Å²) in [6.07, 6.45) is 2.51. The van der Waals surface area contributed by atoms with Crippen molar-refractivity contribution in [2.24, 2.45) is 11.3 Å². The quantitative estimate of drug-likeness (QED) is 0.873. The molecule has 0 spiro atoms. The zero-order valence-electron chi connectivity index (χ0n) is 12.9. The molecule has 1 N–H and O–H groups in total. The van der Waals surface area contributed by atoms with Crippen LogP contribution in [0.4, 0.5) is 0 Å². The maximum absolute atomic E-state index is 5.20. The monoisotopic (exact) mass is 261 g/mol. The largest absolute Gasteiger partial charge is 0.497 e. The minimum Gasteiger partial charge on any atom is -0.497 e. The normalized spacial score (nSPS) is 26.3. The molecule has 2 unspecified atom stereocenters. The summed E-state index contributed by atoms with van der Waals surface area (Å²) in [5.74, 6) is 1.75. The van der Waals surface area contributed by atoms with Gasteiger partial charge in [-0.3, -0.25) is 0 Å². The number of nitrogens with one attached hydrogen (secondary N) is 1. The van der Waals surface area contributed by atoms with Crippen molar-refractivity contribution in [3.63, 3.8) is 0 Å². The first kappa shape index (κ1) is 14.4. The molecule has 0 radical (unpaired) electrons. The molecule has 1 fully saturated rings. The Balaban J connectivity index is 1.86. The fraction of sp³-hybridized carbons (Fsp3) is 0.647. The second kappa shape index (κ2) is 5.16. The lowest BCUT2D eigenvalue weighted by atomic mass is 9.95. The van der Waals surface area contributed by atoms with Crippen LogP contribution >= 0.6 is 0 Å². The van der Waals surface area contributed by atoms with Crippen LogP contribution in [0.25, 0.3) is 0 Å². The van der Waals surface area contributed by atoms with Gasteiger partial charge in [0.1, 0.15) is 5.75 Å². The predicted molar refractivity (Wildman–Crippen MR) is 80.7 cm³/mol. The molecule has 1 aromatic rings. The summed E-state index contributed by atoms with van der Waals surface area (Å²) in [4.78, 5) is 0. The van der Waals surface area contributed by atoms with E-state index in [0.29, 0.717) is 5.41 Å². The van der Waals surface area contributed by atoms with Gasteiger partial charge in [0.15, 0.2) is 0 Å². The van der Waals surface area contributed by atoms with Crippen LogP contribution in [0, 0.1) is 11.3 Å². The van der Waals surface area contributed by atoms with E-state index in [1.807, 2.05) is 0 Å². The molecule has 2 heteroatoms. The third kappa shape index (κ3) is 3.97. The highest BCUT2D eigenvalue weighted by atomic mass is 16.5. The average Bonchev–Trinajstić information content (AvgIpc) is 2.97. The van der Waals surface area contributed by atoms with Crippen LogP contribution in [0.2, 0.25) is 0 Å². The smallest absolute Gasteiger partial charge is 0.118 e. The van der Waals surface area contributed by atoms with Crippen molar-refractivity contribution < 1.29 is 4.74 Å². The van der Waals surface area contributed by atoms with E-state index < -0.39 is 0 Å². The van der Waals surface area contributed by atoms with Crippen LogP contribution in [-0.4, -0.2) is 19.2 Å². The fourth-order valence-corrected chi connectivity index (χ4v) is 2.68. The van der Waals surface area contributed by atoms with Crippen LogP contribution in [-0.2, 0) is 6.42 Å². The van der Waals surface area contributed by atoms with Gasteiger partial charge in [0.05, 0.1) is 7.11 Å². The van der Waals surface area contributed by atoms with Crippen LogP contribution in [0.1, 0.15) is 39.7 Å². The van der Waals surface area contributed by atoms with Gasteiger partial charge >= 0.3 is 0 Å². The lowest BCUT2D eigenvalue weighted by molar-refractivity contribution is 0.387. The van der Waals surface area contributed by atoms with E-state index in [1.165, 1.54) is 18.4 Å². The molecule has 0 amide bonds. The molecule has 0 aromatic heterocycles. The van der Waals surface area contributed by atoms with Crippen LogP contribution in [0.15, 0.2) is 24.3 Å². The molecule has 2 atom stereocenters. The lowest BCUT2D eigenvalue weighted by Gasteiger charge is -2.21. The third-order valence-corrected chi connectivity index (χ3v) is 4.18. The number of rotatable bonds is 5. The Morgan fingerprint density at radius 2 is 1.89 bits per heavy atom. The summed E-state index contributed by atoms with van der Waals surface area (Å²) in [6, 6.07) is 8.50. The van der Waals surface area contributed by atoms with E-state index in [0.717, 1.165) is 18.2 Å². The predicted octanol–water partition coefficient (Wildman–Crippen LogP) is 3.65. The summed E-state index contributed by atoms with van der Waals surface area (Å²) in [7, 11) is 1.71. The van der Waals surface area contributed by atoms with Gasteiger partial charge in [0, 0.05) is 5.54 Å². The minimum atomic E-state index is 0.226. The molecule has 2 nitrogen and oxygen atoms in total. The highest BCUT2D eigenvalue weighted by Crippen LogP contribution is 2.54. The third-order valence-electron chi connectivity index (χ3n) is 4.18. The Kier molecular flexibility index (Phi) is 3.91. The van der Waals surface area contributed by atoms with Gasteiger partial charge in [-0.25, -0.2) is 0 Å². The van der Waals surface area contributed by atoms with Gasteiger partial charge in [-0.05, 0) is 69.2 Å². The van der Waals surface area contributed by atoms with Gasteiger partial charge < -0.3 is 10.1 Å². The van der Waals surface area contributed by atoms with Gasteiger partial charge in [-0.2, -0.15) is 0 Å². The summed E-state index contributed by atoms with van der Waals surface area (Å²) in [5.41, 5.74) is 2.12.